The van der Waals surface area contributed by atoms with Crippen LogP contribution in [-0.2, 0) is 0 Å². The third kappa shape index (κ3) is 5.89. The van der Waals surface area contributed by atoms with Gasteiger partial charge >= 0.3 is 0 Å². The number of anilines is 2. The molecule has 9 rings (SSSR count). The second-order valence-electron chi connectivity index (χ2n) is 13.8. The minimum Gasteiger partial charge on any atom is -0.313 e. The van der Waals surface area contributed by atoms with Crippen molar-refractivity contribution in [2.75, 3.05) is 4.90 Å². The van der Waals surface area contributed by atoms with E-state index in [2.05, 4.69) is 211 Å². The standard InChI is InChI=1S/C51H40N2/c1-3-46-36(2)52(43-30-26-40(27-31-43)37-16-7-4-8-17-37)50-35-49(47-24-13-14-25-48(47)51(46)50)53(44-32-28-41(29-33-44)38-18-9-5-10-19-38)45-23-15-22-42(34-45)39-20-11-6-12-21-39/h3-21,23-35,42H,1,22H2,2H3. The molecule has 0 fully saturated rings. The van der Waals surface area contributed by atoms with Gasteiger partial charge in [0.05, 0.1) is 11.2 Å². The van der Waals surface area contributed by atoms with E-state index in [4.69, 9.17) is 0 Å². The van der Waals surface area contributed by atoms with Crippen molar-refractivity contribution >= 4 is 39.1 Å². The van der Waals surface area contributed by atoms with Crippen molar-refractivity contribution in [3.8, 4) is 27.9 Å². The average molecular weight is 681 g/mol. The second-order valence-corrected chi connectivity index (χ2v) is 13.8. The van der Waals surface area contributed by atoms with Crippen molar-refractivity contribution in [3.63, 3.8) is 0 Å². The lowest BCUT2D eigenvalue weighted by Gasteiger charge is -2.31. The zero-order valence-electron chi connectivity index (χ0n) is 29.9. The fourth-order valence-corrected chi connectivity index (χ4v) is 8.09. The van der Waals surface area contributed by atoms with E-state index in [1.54, 1.807) is 0 Å². The molecule has 2 nitrogen and oxygen atoms in total. The summed E-state index contributed by atoms with van der Waals surface area (Å²) in [5, 5.41) is 3.63. The van der Waals surface area contributed by atoms with Crippen molar-refractivity contribution in [2.45, 2.75) is 19.3 Å². The number of aromatic nitrogens is 1. The smallest absolute Gasteiger partial charge is 0.0564 e. The van der Waals surface area contributed by atoms with Crippen molar-refractivity contribution < 1.29 is 0 Å². The normalized spacial score (nSPS) is 14.0. The topological polar surface area (TPSA) is 8.17 Å². The molecular formula is C51H40N2. The lowest BCUT2D eigenvalue weighted by atomic mass is 9.90. The fraction of sp³-hybridized carbons (Fsp3) is 0.0588. The zero-order valence-corrected chi connectivity index (χ0v) is 29.9. The molecular weight excluding hydrogens is 641 g/mol. The highest BCUT2D eigenvalue weighted by molar-refractivity contribution is 6.17. The molecule has 1 aliphatic rings. The first kappa shape index (κ1) is 32.3. The Morgan fingerprint density at radius 3 is 1.79 bits per heavy atom. The second kappa shape index (κ2) is 13.8. The molecule has 0 spiro atoms. The van der Waals surface area contributed by atoms with E-state index in [-0.39, 0.29) is 5.92 Å². The average Bonchev–Trinajstić information content (AvgIpc) is 3.53. The molecule has 1 aliphatic carbocycles. The number of allylic oxidation sites excluding steroid dienone is 3. The first-order chi connectivity index (χ1) is 26.2. The van der Waals surface area contributed by atoms with Gasteiger partial charge < -0.3 is 9.47 Å². The molecule has 0 amide bonds. The lowest BCUT2D eigenvalue weighted by Crippen LogP contribution is -2.18. The van der Waals surface area contributed by atoms with Crippen LogP contribution in [0.1, 0.15) is 29.2 Å². The van der Waals surface area contributed by atoms with Gasteiger partial charge in [-0.15, -0.1) is 0 Å². The summed E-state index contributed by atoms with van der Waals surface area (Å²) in [6.07, 6.45) is 10.1. The molecule has 0 saturated heterocycles. The molecule has 0 saturated carbocycles. The molecule has 8 aromatic rings. The highest BCUT2D eigenvalue weighted by atomic mass is 15.2. The molecule has 1 unspecified atom stereocenters. The van der Waals surface area contributed by atoms with Crippen LogP contribution in [0, 0.1) is 6.92 Å². The van der Waals surface area contributed by atoms with Gasteiger partial charge in [-0.25, -0.2) is 0 Å². The maximum Gasteiger partial charge on any atom is 0.0564 e. The Labute approximate surface area is 311 Å². The number of nitrogens with zero attached hydrogens (tertiary/aromatic N) is 2. The molecule has 254 valence electrons. The Balaban J connectivity index is 1.28. The summed E-state index contributed by atoms with van der Waals surface area (Å²) in [6.45, 7) is 6.53. The predicted molar refractivity (Wildman–Crippen MR) is 226 cm³/mol. The van der Waals surface area contributed by atoms with Gasteiger partial charge in [-0.1, -0.05) is 164 Å². The number of hydrogen-bond acceptors (Lipinski definition) is 1. The van der Waals surface area contributed by atoms with Crippen LogP contribution in [0.4, 0.5) is 11.4 Å². The van der Waals surface area contributed by atoms with E-state index >= 15 is 0 Å². The van der Waals surface area contributed by atoms with Gasteiger partial charge in [-0.05, 0) is 83.0 Å². The monoisotopic (exact) mass is 680 g/mol. The molecule has 2 heteroatoms. The largest absolute Gasteiger partial charge is 0.313 e. The zero-order chi connectivity index (χ0) is 35.7. The first-order valence-corrected chi connectivity index (χ1v) is 18.4. The maximum absolute atomic E-state index is 4.32. The Kier molecular flexibility index (Phi) is 8.42. The van der Waals surface area contributed by atoms with Crippen molar-refractivity contribution in [1.29, 1.82) is 0 Å². The van der Waals surface area contributed by atoms with Crippen molar-refractivity contribution in [1.82, 2.24) is 4.57 Å². The minimum absolute atomic E-state index is 0.277. The van der Waals surface area contributed by atoms with Crippen LogP contribution in [-0.4, -0.2) is 4.57 Å². The third-order valence-corrected chi connectivity index (χ3v) is 10.7. The van der Waals surface area contributed by atoms with Crippen LogP contribution in [0.2, 0.25) is 0 Å². The van der Waals surface area contributed by atoms with Crippen LogP contribution in [0.15, 0.2) is 200 Å². The molecule has 0 N–H and O–H groups in total. The Bertz CT molecular complexity index is 2630. The molecule has 1 heterocycles. The van der Waals surface area contributed by atoms with E-state index in [0.717, 1.165) is 40.3 Å². The van der Waals surface area contributed by atoms with E-state index in [9.17, 15) is 0 Å². The van der Waals surface area contributed by atoms with Crippen LogP contribution in [0.3, 0.4) is 0 Å². The predicted octanol–water partition coefficient (Wildman–Crippen LogP) is 13.8. The molecule has 7 aromatic carbocycles. The summed E-state index contributed by atoms with van der Waals surface area (Å²) in [5.74, 6) is 0.277. The molecule has 0 radical (unpaired) electrons. The minimum atomic E-state index is 0.277. The van der Waals surface area contributed by atoms with E-state index in [0.29, 0.717) is 0 Å². The van der Waals surface area contributed by atoms with Crippen LogP contribution in [0.5, 0.6) is 0 Å². The summed E-state index contributed by atoms with van der Waals surface area (Å²) >= 11 is 0. The number of hydrogen-bond donors (Lipinski definition) is 0. The van der Waals surface area contributed by atoms with E-state index < -0.39 is 0 Å². The molecule has 1 aromatic heterocycles. The fourth-order valence-electron chi connectivity index (χ4n) is 8.09. The molecule has 53 heavy (non-hydrogen) atoms. The summed E-state index contributed by atoms with van der Waals surface area (Å²) in [5.41, 5.74) is 14.2. The first-order valence-electron chi connectivity index (χ1n) is 18.4. The van der Waals surface area contributed by atoms with Crippen molar-refractivity contribution in [2.24, 2.45) is 0 Å². The van der Waals surface area contributed by atoms with Gasteiger partial charge in [0.15, 0.2) is 0 Å². The number of rotatable bonds is 8. The molecule has 0 bridgehead atoms. The molecule has 1 atom stereocenters. The van der Waals surface area contributed by atoms with Gasteiger partial charge in [0.2, 0.25) is 0 Å². The maximum atomic E-state index is 4.32. The Morgan fingerprint density at radius 2 is 1.17 bits per heavy atom. The Morgan fingerprint density at radius 1 is 0.623 bits per heavy atom. The summed E-state index contributed by atoms with van der Waals surface area (Å²) in [7, 11) is 0. The van der Waals surface area contributed by atoms with Gasteiger partial charge in [0.1, 0.15) is 0 Å². The van der Waals surface area contributed by atoms with E-state index in [1.165, 1.54) is 49.7 Å². The highest BCUT2D eigenvalue weighted by Crippen LogP contribution is 2.45. The SMILES string of the molecule is C=Cc1c(C)n(-c2ccc(-c3ccccc3)cc2)c2cc(N(C3=CC(c4ccccc4)CC=C3)c3ccc(-c4ccccc4)cc3)c3ccccc3c12. The van der Waals surface area contributed by atoms with Gasteiger partial charge in [-0.3, -0.25) is 0 Å². The van der Waals surface area contributed by atoms with Crippen LogP contribution >= 0.6 is 0 Å². The number of fused-ring (bicyclic) bond motifs is 3. The molecule has 0 aliphatic heterocycles. The van der Waals surface area contributed by atoms with Crippen LogP contribution in [0.25, 0.3) is 55.7 Å². The quantitative estimate of drug-likeness (QED) is 0.155. The summed E-state index contributed by atoms with van der Waals surface area (Å²) < 4.78 is 2.41. The third-order valence-electron chi connectivity index (χ3n) is 10.7. The highest BCUT2D eigenvalue weighted by Gasteiger charge is 2.24. The van der Waals surface area contributed by atoms with Gasteiger partial charge in [0, 0.05) is 45.0 Å². The lowest BCUT2D eigenvalue weighted by molar-refractivity contribution is 0.838. The summed E-state index contributed by atoms with van der Waals surface area (Å²) in [6, 6.07) is 61.3. The van der Waals surface area contributed by atoms with E-state index in [1.807, 2.05) is 6.08 Å². The summed E-state index contributed by atoms with van der Waals surface area (Å²) in [4.78, 5) is 2.46. The number of benzene rings is 7. The van der Waals surface area contributed by atoms with Gasteiger partial charge in [0.25, 0.3) is 0 Å². The van der Waals surface area contributed by atoms with Crippen LogP contribution < -0.4 is 4.90 Å². The Hall–Kier alpha value is -6.64. The van der Waals surface area contributed by atoms with Gasteiger partial charge in [-0.2, -0.15) is 0 Å². The van der Waals surface area contributed by atoms with Crippen molar-refractivity contribution in [3.05, 3.63) is 217 Å².